The number of anilines is 2. The lowest BCUT2D eigenvalue weighted by atomic mass is 9.91. The maximum absolute atomic E-state index is 13.4. The van der Waals surface area contributed by atoms with Crippen LogP contribution in [0.3, 0.4) is 0 Å². The molecular formula is C23H19N3O3. The lowest BCUT2D eigenvalue weighted by molar-refractivity contribution is -0.126. The van der Waals surface area contributed by atoms with Crippen molar-refractivity contribution in [3.05, 3.63) is 90.3 Å². The Hall–Kier alpha value is -3.51. The Balaban J connectivity index is 1.58. The van der Waals surface area contributed by atoms with E-state index in [1.54, 1.807) is 29.6 Å². The Labute approximate surface area is 168 Å². The molecule has 2 amide bonds. The molecule has 29 heavy (non-hydrogen) atoms. The molecule has 0 bridgehead atoms. The van der Waals surface area contributed by atoms with E-state index in [0.29, 0.717) is 5.69 Å². The molecule has 0 radical (unpaired) electrons. The van der Waals surface area contributed by atoms with E-state index in [4.69, 9.17) is 4.84 Å². The fourth-order valence-electron chi connectivity index (χ4n) is 4.06. The summed E-state index contributed by atoms with van der Waals surface area (Å²) in [7, 11) is 0. The molecular weight excluding hydrogens is 366 g/mol. The van der Waals surface area contributed by atoms with Crippen molar-refractivity contribution in [2.24, 2.45) is 5.92 Å². The molecule has 2 aliphatic rings. The molecule has 6 heteroatoms. The van der Waals surface area contributed by atoms with Crippen LogP contribution in [0.5, 0.6) is 0 Å². The van der Waals surface area contributed by atoms with E-state index < -0.39 is 18.1 Å². The van der Waals surface area contributed by atoms with E-state index in [-0.39, 0.29) is 11.8 Å². The monoisotopic (exact) mass is 385 g/mol. The minimum Gasteiger partial charge on any atom is -0.273 e. The second-order valence-electron chi connectivity index (χ2n) is 7.29. The minimum atomic E-state index is -0.859. The fraction of sp³-hybridized carbons (Fsp3) is 0.174. The molecule has 0 unspecified atom stereocenters. The lowest BCUT2D eigenvalue weighted by Crippen LogP contribution is -2.37. The van der Waals surface area contributed by atoms with E-state index in [9.17, 15) is 9.59 Å². The van der Waals surface area contributed by atoms with Crippen molar-refractivity contribution < 1.29 is 14.4 Å². The van der Waals surface area contributed by atoms with Crippen LogP contribution < -0.4 is 9.96 Å². The zero-order chi connectivity index (χ0) is 20.0. The largest absolute Gasteiger partial charge is 0.273 e. The number of benzene rings is 2. The van der Waals surface area contributed by atoms with Crippen LogP contribution in [0.2, 0.25) is 0 Å². The summed E-state index contributed by atoms with van der Waals surface area (Å²) in [5, 5.41) is 1.69. The second-order valence-corrected chi connectivity index (χ2v) is 7.29. The summed E-state index contributed by atoms with van der Waals surface area (Å²) >= 11 is 0. The highest BCUT2D eigenvalue weighted by Crippen LogP contribution is 2.47. The predicted molar refractivity (Wildman–Crippen MR) is 108 cm³/mol. The summed E-state index contributed by atoms with van der Waals surface area (Å²) in [6.45, 7) is 1.96. The third kappa shape index (κ3) is 2.80. The molecule has 6 nitrogen and oxygen atoms in total. The number of hydroxylamine groups is 1. The highest BCUT2D eigenvalue weighted by molar-refractivity contribution is 6.23. The number of imide groups is 1. The van der Waals surface area contributed by atoms with Crippen molar-refractivity contribution in [1.82, 2.24) is 4.98 Å². The number of para-hydroxylation sites is 1. The van der Waals surface area contributed by atoms with Gasteiger partial charge in [-0.25, -0.2) is 9.96 Å². The molecule has 2 fully saturated rings. The standard InChI is InChI=1S/C23H19N3O3/c1-15-7-9-17(10-8-15)25-22(27)19-20(16-11-13-24-14-12-16)26(29-21(19)23(25)28)18-5-3-2-4-6-18/h2-14,19-21H,1H3/t19-,20+,21-/m1/s1. The van der Waals surface area contributed by atoms with Gasteiger partial charge in [-0.1, -0.05) is 35.9 Å². The number of hydrogen-bond donors (Lipinski definition) is 0. The van der Waals surface area contributed by atoms with Crippen LogP contribution in [0, 0.1) is 12.8 Å². The van der Waals surface area contributed by atoms with Crippen molar-refractivity contribution >= 4 is 23.2 Å². The first-order chi connectivity index (χ1) is 14.1. The van der Waals surface area contributed by atoms with Crippen LogP contribution in [0.25, 0.3) is 0 Å². The Bertz CT molecular complexity index is 1050. The van der Waals surface area contributed by atoms with Gasteiger partial charge in [0.1, 0.15) is 5.92 Å². The third-order valence-corrected chi connectivity index (χ3v) is 5.47. The topological polar surface area (TPSA) is 62.7 Å². The first-order valence-electron chi connectivity index (χ1n) is 9.50. The summed E-state index contributed by atoms with van der Waals surface area (Å²) in [4.78, 5) is 38.0. The van der Waals surface area contributed by atoms with Gasteiger partial charge in [-0.15, -0.1) is 0 Å². The first kappa shape index (κ1) is 17.6. The van der Waals surface area contributed by atoms with Gasteiger partial charge in [0.05, 0.1) is 17.4 Å². The number of carbonyl (C=O) groups is 2. The zero-order valence-corrected chi connectivity index (χ0v) is 15.8. The number of aryl methyl sites for hydroxylation is 1. The van der Waals surface area contributed by atoms with Crippen molar-refractivity contribution in [3.8, 4) is 0 Å². The molecule has 5 rings (SSSR count). The normalized spacial score (nSPS) is 23.6. The number of rotatable bonds is 3. The highest BCUT2D eigenvalue weighted by atomic mass is 16.7. The van der Waals surface area contributed by atoms with E-state index in [1.807, 2.05) is 61.5 Å². The van der Waals surface area contributed by atoms with Gasteiger partial charge in [-0.3, -0.25) is 19.4 Å². The smallest absolute Gasteiger partial charge is 0.266 e. The maximum atomic E-state index is 13.4. The summed E-state index contributed by atoms with van der Waals surface area (Å²) in [5.74, 6) is -1.21. The molecule has 0 N–H and O–H groups in total. The van der Waals surface area contributed by atoms with Crippen LogP contribution in [-0.4, -0.2) is 22.9 Å². The number of hydrogen-bond acceptors (Lipinski definition) is 5. The number of carbonyl (C=O) groups excluding carboxylic acids is 2. The minimum absolute atomic E-state index is 0.246. The SMILES string of the molecule is Cc1ccc(N2C(=O)[C@H]3[C@@H](ON(c4ccccc4)[C@H]3c3ccncc3)C2=O)cc1. The van der Waals surface area contributed by atoms with Gasteiger partial charge < -0.3 is 0 Å². The number of aromatic nitrogens is 1. The predicted octanol–water partition coefficient (Wildman–Crippen LogP) is 3.44. The molecule has 0 spiro atoms. The third-order valence-electron chi connectivity index (χ3n) is 5.47. The van der Waals surface area contributed by atoms with Crippen LogP contribution in [0.15, 0.2) is 79.1 Å². The van der Waals surface area contributed by atoms with E-state index in [2.05, 4.69) is 4.98 Å². The highest BCUT2D eigenvalue weighted by Gasteiger charge is 2.60. The van der Waals surface area contributed by atoms with E-state index >= 15 is 0 Å². The van der Waals surface area contributed by atoms with Gasteiger partial charge in [0.2, 0.25) is 5.91 Å². The fourth-order valence-corrected chi connectivity index (χ4v) is 4.06. The van der Waals surface area contributed by atoms with Crippen LogP contribution in [0.1, 0.15) is 17.2 Å². The molecule has 2 saturated heterocycles. The van der Waals surface area contributed by atoms with E-state index in [1.165, 1.54) is 4.90 Å². The quantitative estimate of drug-likeness (QED) is 0.647. The average molecular weight is 385 g/mol. The Morgan fingerprint density at radius 1 is 0.828 bits per heavy atom. The number of fused-ring (bicyclic) bond motifs is 1. The zero-order valence-electron chi connectivity index (χ0n) is 15.8. The molecule has 3 aromatic rings. The van der Waals surface area contributed by atoms with E-state index in [0.717, 1.165) is 16.8 Å². The molecule has 1 aromatic heterocycles. The lowest BCUT2D eigenvalue weighted by Gasteiger charge is -2.28. The number of amides is 2. The summed E-state index contributed by atoms with van der Waals surface area (Å²) in [6.07, 6.45) is 2.51. The summed E-state index contributed by atoms with van der Waals surface area (Å²) < 4.78 is 0. The van der Waals surface area contributed by atoms with Crippen LogP contribution in [0.4, 0.5) is 11.4 Å². The number of nitrogens with zero attached hydrogens (tertiary/aromatic N) is 3. The molecule has 2 aliphatic heterocycles. The van der Waals surface area contributed by atoms with Gasteiger partial charge in [-0.05, 0) is 48.9 Å². The molecule has 2 aromatic carbocycles. The molecule has 144 valence electrons. The van der Waals surface area contributed by atoms with Gasteiger partial charge in [0.25, 0.3) is 5.91 Å². The first-order valence-corrected chi connectivity index (χ1v) is 9.50. The van der Waals surface area contributed by atoms with Gasteiger partial charge in [-0.2, -0.15) is 0 Å². The molecule has 0 saturated carbocycles. The van der Waals surface area contributed by atoms with Crippen molar-refractivity contribution in [1.29, 1.82) is 0 Å². The molecule has 0 aliphatic carbocycles. The van der Waals surface area contributed by atoms with Crippen LogP contribution in [-0.2, 0) is 14.4 Å². The van der Waals surface area contributed by atoms with Gasteiger partial charge >= 0.3 is 0 Å². The summed E-state index contributed by atoms with van der Waals surface area (Å²) in [6, 6.07) is 20.2. The maximum Gasteiger partial charge on any atom is 0.266 e. The molecule has 3 heterocycles. The average Bonchev–Trinajstić information content (AvgIpc) is 3.27. The van der Waals surface area contributed by atoms with Gasteiger partial charge in [0.15, 0.2) is 6.10 Å². The van der Waals surface area contributed by atoms with Gasteiger partial charge in [0, 0.05) is 12.4 Å². The summed E-state index contributed by atoms with van der Waals surface area (Å²) in [5.41, 5.74) is 3.31. The molecule has 3 atom stereocenters. The second kappa shape index (κ2) is 6.83. The van der Waals surface area contributed by atoms with Crippen molar-refractivity contribution in [3.63, 3.8) is 0 Å². The Morgan fingerprint density at radius 2 is 1.52 bits per heavy atom. The van der Waals surface area contributed by atoms with Crippen molar-refractivity contribution in [2.45, 2.75) is 19.1 Å². The number of pyridine rings is 1. The van der Waals surface area contributed by atoms with Crippen LogP contribution >= 0.6 is 0 Å². The Kier molecular flexibility index (Phi) is 4.14. The Morgan fingerprint density at radius 3 is 2.21 bits per heavy atom. The van der Waals surface area contributed by atoms with Crippen molar-refractivity contribution in [2.75, 3.05) is 9.96 Å².